The molecular weight excluding hydrogens is 254 g/mol. The molecule has 0 aliphatic heterocycles. The largest absolute Gasteiger partial charge is 0.464 e. The molecule has 0 aliphatic rings. The summed E-state index contributed by atoms with van der Waals surface area (Å²) in [5.41, 5.74) is 1.69. The number of hydrogen-bond donors (Lipinski definition) is 1. The normalized spacial score (nSPS) is 12.9. The van der Waals surface area contributed by atoms with E-state index in [1.54, 1.807) is 6.26 Å². The lowest BCUT2D eigenvalue weighted by atomic mass is 10.2. The molecule has 20 heavy (non-hydrogen) atoms. The van der Waals surface area contributed by atoms with Crippen molar-refractivity contribution in [3.05, 3.63) is 36.4 Å². The molecule has 1 unspecified atom stereocenters. The first-order valence-electron chi connectivity index (χ1n) is 6.80. The Morgan fingerprint density at radius 2 is 2.15 bits per heavy atom. The van der Waals surface area contributed by atoms with Gasteiger partial charge in [-0.05, 0) is 19.4 Å². The van der Waals surface area contributed by atoms with Crippen molar-refractivity contribution in [2.75, 3.05) is 0 Å². The third-order valence-corrected chi connectivity index (χ3v) is 3.40. The minimum absolute atomic E-state index is 0.431. The number of fused-ring (bicyclic) bond motifs is 1. The van der Waals surface area contributed by atoms with E-state index in [0.717, 1.165) is 23.0 Å². The van der Waals surface area contributed by atoms with Gasteiger partial charge >= 0.3 is 0 Å². The molecule has 0 amide bonds. The van der Waals surface area contributed by atoms with Crippen molar-refractivity contribution >= 4 is 11.0 Å². The molecular formula is C15H17N3O2. The van der Waals surface area contributed by atoms with Gasteiger partial charge in [-0.2, -0.15) is 4.98 Å². The van der Waals surface area contributed by atoms with Crippen molar-refractivity contribution < 1.29 is 8.94 Å². The molecule has 5 nitrogen and oxygen atoms in total. The number of benzene rings is 1. The van der Waals surface area contributed by atoms with E-state index in [1.165, 1.54) is 0 Å². The molecule has 3 aromatic rings. The van der Waals surface area contributed by atoms with E-state index in [0.29, 0.717) is 24.3 Å². The minimum Gasteiger partial charge on any atom is -0.464 e. The summed E-state index contributed by atoms with van der Waals surface area (Å²) in [6, 6.07) is 8.24. The van der Waals surface area contributed by atoms with Crippen molar-refractivity contribution in [2.45, 2.75) is 32.9 Å². The van der Waals surface area contributed by atoms with E-state index in [-0.39, 0.29) is 0 Å². The van der Waals surface area contributed by atoms with Crippen LogP contribution in [0, 0.1) is 0 Å². The van der Waals surface area contributed by atoms with Crippen LogP contribution in [0.3, 0.4) is 0 Å². The molecule has 1 atom stereocenters. The first-order valence-corrected chi connectivity index (χ1v) is 6.80. The predicted molar refractivity (Wildman–Crippen MR) is 76.1 cm³/mol. The van der Waals surface area contributed by atoms with E-state index >= 15 is 0 Å². The molecule has 0 spiro atoms. The van der Waals surface area contributed by atoms with Crippen LogP contribution >= 0.6 is 0 Å². The van der Waals surface area contributed by atoms with Gasteiger partial charge in [-0.25, -0.2) is 0 Å². The lowest BCUT2D eigenvalue weighted by molar-refractivity contribution is 0.358. The fraction of sp³-hybridized carbons (Fsp3) is 0.333. The van der Waals surface area contributed by atoms with Crippen molar-refractivity contribution in [1.29, 1.82) is 0 Å². The average Bonchev–Trinajstić information content (AvgIpc) is 3.10. The van der Waals surface area contributed by atoms with Crippen molar-refractivity contribution in [1.82, 2.24) is 15.5 Å². The summed E-state index contributed by atoms with van der Waals surface area (Å²) in [5, 5.41) is 8.35. The molecule has 0 radical (unpaired) electrons. The van der Waals surface area contributed by atoms with Crippen LogP contribution in [0.2, 0.25) is 0 Å². The molecule has 2 heterocycles. The lowest BCUT2D eigenvalue weighted by Gasteiger charge is -2.07. The lowest BCUT2D eigenvalue weighted by Crippen LogP contribution is -2.24. The number of para-hydroxylation sites is 1. The van der Waals surface area contributed by atoms with E-state index in [9.17, 15) is 0 Å². The monoisotopic (exact) mass is 271 g/mol. The SMILES string of the molecule is CCC(C)NCc1nc(-c2coc3ccccc23)no1. The van der Waals surface area contributed by atoms with Gasteiger partial charge < -0.3 is 14.3 Å². The van der Waals surface area contributed by atoms with Gasteiger partial charge in [-0.1, -0.05) is 30.3 Å². The zero-order valence-electron chi connectivity index (χ0n) is 11.6. The molecule has 0 aliphatic carbocycles. The highest BCUT2D eigenvalue weighted by Crippen LogP contribution is 2.28. The van der Waals surface area contributed by atoms with Gasteiger partial charge in [0.15, 0.2) is 0 Å². The molecule has 104 valence electrons. The summed E-state index contributed by atoms with van der Waals surface area (Å²) in [4.78, 5) is 4.41. The molecule has 1 aromatic carbocycles. The van der Waals surface area contributed by atoms with Crippen LogP contribution < -0.4 is 5.32 Å². The summed E-state index contributed by atoms with van der Waals surface area (Å²) in [7, 11) is 0. The Balaban J connectivity index is 1.83. The Morgan fingerprint density at radius 1 is 1.30 bits per heavy atom. The number of furan rings is 1. The highest BCUT2D eigenvalue weighted by molar-refractivity contribution is 5.91. The number of hydrogen-bond acceptors (Lipinski definition) is 5. The average molecular weight is 271 g/mol. The van der Waals surface area contributed by atoms with Crippen molar-refractivity contribution in [3.8, 4) is 11.4 Å². The van der Waals surface area contributed by atoms with Gasteiger partial charge in [-0.15, -0.1) is 0 Å². The minimum atomic E-state index is 0.431. The Kier molecular flexibility index (Phi) is 3.52. The third kappa shape index (κ3) is 2.44. The standard InChI is InChI=1S/C15H17N3O2/c1-3-10(2)16-8-14-17-15(18-20-14)12-9-19-13-7-5-4-6-11(12)13/h4-7,9-10,16H,3,8H2,1-2H3. The number of rotatable bonds is 5. The van der Waals surface area contributed by atoms with Crippen molar-refractivity contribution in [2.24, 2.45) is 0 Å². The molecule has 0 saturated heterocycles. The Labute approximate surface area is 117 Å². The van der Waals surface area contributed by atoms with Crippen LogP contribution in [0.5, 0.6) is 0 Å². The van der Waals surface area contributed by atoms with Gasteiger partial charge in [0.05, 0.1) is 12.1 Å². The van der Waals surface area contributed by atoms with Crippen LogP contribution in [0.1, 0.15) is 26.2 Å². The molecule has 1 N–H and O–H groups in total. The van der Waals surface area contributed by atoms with Crippen molar-refractivity contribution in [3.63, 3.8) is 0 Å². The van der Waals surface area contributed by atoms with Gasteiger partial charge in [0, 0.05) is 11.4 Å². The Bertz CT molecular complexity index is 702. The molecule has 0 saturated carbocycles. The number of nitrogens with one attached hydrogen (secondary N) is 1. The van der Waals surface area contributed by atoms with Gasteiger partial charge in [-0.3, -0.25) is 0 Å². The van der Waals surface area contributed by atoms with Gasteiger partial charge in [0.1, 0.15) is 11.8 Å². The van der Waals surface area contributed by atoms with E-state index < -0.39 is 0 Å². The zero-order valence-corrected chi connectivity index (χ0v) is 11.6. The molecule has 3 rings (SSSR count). The summed E-state index contributed by atoms with van der Waals surface area (Å²) in [6.07, 6.45) is 2.73. The third-order valence-electron chi connectivity index (χ3n) is 3.40. The van der Waals surface area contributed by atoms with Crippen LogP contribution in [-0.4, -0.2) is 16.2 Å². The second-order valence-corrected chi connectivity index (χ2v) is 4.85. The van der Waals surface area contributed by atoms with Gasteiger partial charge in [0.25, 0.3) is 0 Å². The maximum Gasteiger partial charge on any atom is 0.240 e. The van der Waals surface area contributed by atoms with E-state index in [1.807, 2.05) is 24.3 Å². The van der Waals surface area contributed by atoms with Crippen LogP contribution in [0.15, 0.2) is 39.5 Å². The fourth-order valence-corrected chi connectivity index (χ4v) is 1.99. The maximum atomic E-state index is 5.49. The van der Waals surface area contributed by atoms with Crippen LogP contribution in [-0.2, 0) is 6.54 Å². The fourth-order valence-electron chi connectivity index (χ4n) is 1.99. The molecule has 5 heteroatoms. The maximum absolute atomic E-state index is 5.49. The van der Waals surface area contributed by atoms with Crippen LogP contribution in [0.4, 0.5) is 0 Å². The second-order valence-electron chi connectivity index (χ2n) is 4.85. The van der Waals surface area contributed by atoms with E-state index in [2.05, 4.69) is 29.3 Å². The number of nitrogens with zero attached hydrogens (tertiary/aromatic N) is 2. The first-order chi connectivity index (χ1) is 9.78. The predicted octanol–water partition coefficient (Wildman–Crippen LogP) is 3.37. The quantitative estimate of drug-likeness (QED) is 0.770. The first kappa shape index (κ1) is 12.9. The van der Waals surface area contributed by atoms with Crippen LogP contribution in [0.25, 0.3) is 22.4 Å². The highest BCUT2D eigenvalue weighted by atomic mass is 16.5. The molecule has 0 fully saturated rings. The summed E-state index contributed by atoms with van der Waals surface area (Å²) in [6.45, 7) is 4.84. The molecule has 0 bridgehead atoms. The molecule has 2 aromatic heterocycles. The zero-order chi connectivity index (χ0) is 13.9. The summed E-state index contributed by atoms with van der Waals surface area (Å²) >= 11 is 0. The summed E-state index contributed by atoms with van der Waals surface area (Å²) in [5.74, 6) is 1.15. The topological polar surface area (TPSA) is 64.1 Å². The van der Waals surface area contributed by atoms with Gasteiger partial charge in [0.2, 0.25) is 11.7 Å². The highest BCUT2D eigenvalue weighted by Gasteiger charge is 2.14. The summed E-state index contributed by atoms with van der Waals surface area (Å²) < 4.78 is 10.8. The van der Waals surface area contributed by atoms with E-state index in [4.69, 9.17) is 8.94 Å². The Hall–Kier alpha value is -2.14. The second kappa shape index (κ2) is 5.46. The number of aromatic nitrogens is 2. The Morgan fingerprint density at radius 3 is 3.00 bits per heavy atom. The smallest absolute Gasteiger partial charge is 0.240 e.